The lowest BCUT2D eigenvalue weighted by atomic mass is 9.93. The van der Waals surface area contributed by atoms with E-state index in [0.717, 1.165) is 42.8 Å². The second-order valence-corrected chi connectivity index (χ2v) is 9.57. The number of rotatable bonds is 9. The average Bonchev–Trinajstić information content (AvgIpc) is 2.86. The smallest absolute Gasteiger partial charge is 0.326 e. The van der Waals surface area contributed by atoms with Gasteiger partial charge in [0.25, 0.3) is 5.91 Å². The molecule has 0 saturated heterocycles. The Morgan fingerprint density at radius 2 is 1.67 bits per heavy atom. The third-order valence-electron chi connectivity index (χ3n) is 6.15. The number of carbonyl (C=O) groups is 2. The highest BCUT2D eigenvalue weighted by Crippen LogP contribution is 2.27. The second kappa shape index (κ2) is 12.1. The van der Waals surface area contributed by atoms with E-state index < -0.39 is 17.9 Å². The Morgan fingerprint density at radius 1 is 0.972 bits per heavy atom. The van der Waals surface area contributed by atoms with E-state index in [0.29, 0.717) is 6.04 Å². The molecule has 188 valence electrons. The molecule has 1 aliphatic carbocycles. The number of hydrogen-bond acceptors (Lipinski definition) is 5. The number of nitrogens with one attached hydrogen (secondary N) is 2. The molecule has 0 radical (unpaired) electrons. The Kier molecular flexibility index (Phi) is 8.67. The number of halogens is 2. The fraction of sp³-hybridized carbons (Fsp3) is 0.296. The van der Waals surface area contributed by atoms with Crippen molar-refractivity contribution in [2.75, 3.05) is 5.32 Å². The van der Waals surface area contributed by atoms with E-state index in [9.17, 15) is 14.7 Å². The van der Waals surface area contributed by atoms with Gasteiger partial charge >= 0.3 is 5.97 Å². The predicted molar refractivity (Wildman–Crippen MR) is 140 cm³/mol. The molecule has 3 aromatic rings. The van der Waals surface area contributed by atoms with Gasteiger partial charge in [-0.05, 0) is 67.6 Å². The Balaban J connectivity index is 1.29. The van der Waals surface area contributed by atoms with Crippen molar-refractivity contribution in [1.82, 2.24) is 10.3 Å². The fourth-order valence-corrected chi connectivity index (χ4v) is 4.83. The number of nitrogens with zero attached hydrogens (tertiary/aromatic N) is 1. The molecular formula is C27H27Cl2N3O4. The van der Waals surface area contributed by atoms with Gasteiger partial charge in [-0.2, -0.15) is 0 Å². The number of carboxylic acids is 1. The van der Waals surface area contributed by atoms with Crippen molar-refractivity contribution >= 4 is 40.9 Å². The summed E-state index contributed by atoms with van der Waals surface area (Å²) in [6.07, 6.45) is 5.87. The summed E-state index contributed by atoms with van der Waals surface area (Å²) in [6.45, 7) is 0. The van der Waals surface area contributed by atoms with Crippen molar-refractivity contribution in [3.05, 3.63) is 88.0 Å². The van der Waals surface area contributed by atoms with Crippen LogP contribution in [-0.4, -0.2) is 40.2 Å². The number of hydrogen-bond donors (Lipinski definition) is 3. The number of aromatic nitrogens is 1. The lowest BCUT2D eigenvalue weighted by Crippen LogP contribution is -2.42. The number of carboxylic acid groups (broad SMARTS) is 1. The van der Waals surface area contributed by atoms with Crippen LogP contribution in [0.4, 0.5) is 5.82 Å². The molecule has 0 unspecified atom stereocenters. The van der Waals surface area contributed by atoms with Gasteiger partial charge in [-0.3, -0.25) is 4.79 Å². The van der Waals surface area contributed by atoms with E-state index in [1.54, 1.807) is 12.3 Å². The fourth-order valence-electron chi connectivity index (χ4n) is 4.26. The van der Waals surface area contributed by atoms with E-state index >= 15 is 0 Å². The van der Waals surface area contributed by atoms with Crippen molar-refractivity contribution in [2.45, 2.75) is 50.3 Å². The van der Waals surface area contributed by atoms with Crippen LogP contribution in [0.5, 0.6) is 5.75 Å². The number of anilines is 1. The molecule has 1 heterocycles. The maximum absolute atomic E-state index is 12.6. The summed E-state index contributed by atoms with van der Waals surface area (Å²) in [5.41, 5.74) is 0.810. The van der Waals surface area contributed by atoms with E-state index in [1.165, 1.54) is 12.1 Å². The predicted octanol–water partition coefficient (Wildman–Crippen LogP) is 5.62. The van der Waals surface area contributed by atoms with Crippen molar-refractivity contribution in [2.24, 2.45) is 0 Å². The molecular weight excluding hydrogens is 501 g/mol. The van der Waals surface area contributed by atoms with Gasteiger partial charge < -0.3 is 20.5 Å². The topological polar surface area (TPSA) is 101 Å². The van der Waals surface area contributed by atoms with Gasteiger partial charge in [0.1, 0.15) is 17.6 Å². The number of carbonyl (C=O) groups excluding carboxylic acids is 1. The van der Waals surface area contributed by atoms with Crippen LogP contribution in [0.1, 0.15) is 41.6 Å². The molecule has 0 bridgehead atoms. The lowest BCUT2D eigenvalue weighted by molar-refractivity contribution is -0.139. The zero-order valence-corrected chi connectivity index (χ0v) is 21.0. The highest BCUT2D eigenvalue weighted by molar-refractivity contribution is 6.39. The molecule has 1 fully saturated rings. The largest absolute Gasteiger partial charge is 0.490 e. The van der Waals surface area contributed by atoms with Crippen LogP contribution in [0.3, 0.4) is 0 Å². The van der Waals surface area contributed by atoms with Crippen LogP contribution in [0.25, 0.3) is 0 Å². The molecule has 36 heavy (non-hydrogen) atoms. The number of aliphatic carboxylic acids is 1. The summed E-state index contributed by atoms with van der Waals surface area (Å²) >= 11 is 12.2. The van der Waals surface area contributed by atoms with E-state index in [1.807, 2.05) is 42.5 Å². The zero-order valence-electron chi connectivity index (χ0n) is 19.5. The maximum atomic E-state index is 12.6. The van der Waals surface area contributed by atoms with Gasteiger partial charge in [-0.15, -0.1) is 0 Å². The summed E-state index contributed by atoms with van der Waals surface area (Å²) in [7, 11) is 0. The van der Waals surface area contributed by atoms with Crippen LogP contribution >= 0.6 is 23.2 Å². The highest BCUT2D eigenvalue weighted by Gasteiger charge is 2.25. The number of ether oxygens (including phenoxy) is 1. The Morgan fingerprint density at radius 3 is 2.28 bits per heavy atom. The first-order chi connectivity index (χ1) is 17.4. The normalized spacial score (nSPS) is 18.2. The SMILES string of the molecule is O=C(N[C@@H](Cc1ccc(OC2CCC(Nc3ccccn3)CC2)cc1)C(=O)O)c1c(Cl)cccc1Cl. The summed E-state index contributed by atoms with van der Waals surface area (Å²) < 4.78 is 6.15. The van der Waals surface area contributed by atoms with Crippen molar-refractivity contribution in [3.63, 3.8) is 0 Å². The summed E-state index contributed by atoms with van der Waals surface area (Å²) in [5, 5.41) is 15.9. The Labute approximate surface area is 219 Å². The molecule has 3 N–H and O–H groups in total. The third-order valence-corrected chi connectivity index (χ3v) is 6.78. The molecule has 1 saturated carbocycles. The highest BCUT2D eigenvalue weighted by atomic mass is 35.5. The van der Waals surface area contributed by atoms with Gasteiger partial charge in [-0.25, -0.2) is 9.78 Å². The first kappa shape index (κ1) is 25.8. The molecule has 1 amide bonds. The number of pyridine rings is 1. The van der Waals surface area contributed by atoms with Crippen molar-refractivity contribution in [3.8, 4) is 5.75 Å². The lowest BCUT2D eigenvalue weighted by Gasteiger charge is -2.29. The average molecular weight is 528 g/mol. The van der Waals surface area contributed by atoms with Crippen LogP contribution < -0.4 is 15.4 Å². The van der Waals surface area contributed by atoms with Crippen molar-refractivity contribution in [1.29, 1.82) is 0 Å². The first-order valence-electron chi connectivity index (χ1n) is 11.8. The van der Waals surface area contributed by atoms with Crippen molar-refractivity contribution < 1.29 is 19.4 Å². The minimum Gasteiger partial charge on any atom is -0.490 e. The number of benzene rings is 2. The minimum atomic E-state index is -1.15. The first-order valence-corrected chi connectivity index (χ1v) is 12.6. The maximum Gasteiger partial charge on any atom is 0.326 e. The standard InChI is InChI=1S/C27H27Cl2N3O4/c28-21-4-3-5-22(29)25(21)26(33)32-23(27(34)35)16-17-7-11-19(12-8-17)36-20-13-9-18(10-14-20)31-24-6-1-2-15-30-24/h1-8,11-12,15,18,20,23H,9-10,13-14,16H2,(H,30,31)(H,32,33)(H,34,35)/t18?,20?,23-/m0/s1. The molecule has 0 spiro atoms. The quantitative estimate of drug-likeness (QED) is 0.334. The van der Waals surface area contributed by atoms with Gasteiger partial charge in [0, 0.05) is 18.7 Å². The molecule has 0 aliphatic heterocycles. The molecule has 9 heteroatoms. The Bertz CT molecular complexity index is 1160. The molecule has 7 nitrogen and oxygen atoms in total. The van der Waals surface area contributed by atoms with E-state index in [4.69, 9.17) is 27.9 Å². The van der Waals surface area contributed by atoms with Gasteiger partial charge in [0.15, 0.2) is 0 Å². The van der Waals surface area contributed by atoms with Crippen LogP contribution in [0, 0.1) is 0 Å². The van der Waals surface area contributed by atoms with E-state index in [-0.39, 0.29) is 28.1 Å². The second-order valence-electron chi connectivity index (χ2n) is 8.76. The number of amides is 1. The van der Waals surface area contributed by atoms with Gasteiger partial charge in [-0.1, -0.05) is 47.5 Å². The monoisotopic (exact) mass is 527 g/mol. The summed E-state index contributed by atoms with van der Waals surface area (Å²) in [5.74, 6) is -0.157. The van der Waals surface area contributed by atoms with E-state index in [2.05, 4.69) is 15.6 Å². The van der Waals surface area contributed by atoms with Crippen LogP contribution in [-0.2, 0) is 11.2 Å². The van der Waals surface area contributed by atoms with Crippen LogP contribution in [0.15, 0.2) is 66.9 Å². The van der Waals surface area contributed by atoms with Gasteiger partial charge in [0.05, 0.1) is 21.7 Å². The molecule has 1 aliphatic rings. The minimum absolute atomic E-state index is 0.0563. The van der Waals surface area contributed by atoms with Crippen LogP contribution in [0.2, 0.25) is 10.0 Å². The molecule has 4 rings (SSSR count). The molecule has 2 aromatic carbocycles. The molecule has 1 aromatic heterocycles. The third kappa shape index (κ3) is 6.89. The Hall–Kier alpha value is -3.29. The molecule has 1 atom stereocenters. The summed E-state index contributed by atoms with van der Waals surface area (Å²) in [6, 6.07) is 17.0. The summed E-state index contributed by atoms with van der Waals surface area (Å²) in [4.78, 5) is 28.7. The zero-order chi connectivity index (χ0) is 25.5. The van der Waals surface area contributed by atoms with Gasteiger partial charge in [0.2, 0.25) is 0 Å².